The Hall–Kier alpha value is -2.85. The number of amides is 2. The minimum Gasteiger partial charge on any atom is -0.389 e. The number of rotatable bonds is 9. The Kier molecular flexibility index (Phi) is 10.8. The molecule has 11 heteroatoms. The fraction of sp³-hybridized carbons (Fsp3) is 0.583. The van der Waals surface area contributed by atoms with E-state index in [1.54, 1.807) is 19.9 Å². The molecule has 3 N–H and O–H groups in total. The molecular formula is C36H49Cl2N5O4. The van der Waals surface area contributed by atoms with Crippen LogP contribution >= 0.6 is 23.2 Å². The lowest BCUT2D eigenvalue weighted by atomic mass is 9.87. The van der Waals surface area contributed by atoms with Gasteiger partial charge in [-0.2, -0.15) is 0 Å². The first-order valence-corrected chi connectivity index (χ1v) is 17.5. The summed E-state index contributed by atoms with van der Waals surface area (Å²) in [6.07, 6.45) is 4.47. The first-order chi connectivity index (χ1) is 22.1. The molecule has 2 aromatic carbocycles. The second kappa shape index (κ2) is 14.3. The van der Waals surface area contributed by atoms with Crippen LogP contribution < -0.4 is 15.5 Å². The van der Waals surface area contributed by atoms with Crippen molar-refractivity contribution in [3.63, 3.8) is 0 Å². The summed E-state index contributed by atoms with van der Waals surface area (Å²) in [4.78, 5) is 33.7. The summed E-state index contributed by atoms with van der Waals surface area (Å²) in [5.41, 5.74) is 2.73. The first kappa shape index (κ1) is 35.5. The zero-order chi connectivity index (χ0) is 34.1. The van der Waals surface area contributed by atoms with E-state index in [9.17, 15) is 14.7 Å². The van der Waals surface area contributed by atoms with Gasteiger partial charge in [-0.15, -0.1) is 0 Å². The number of aliphatic hydroxyl groups is 1. The van der Waals surface area contributed by atoms with Gasteiger partial charge in [-0.25, -0.2) is 4.98 Å². The number of carbonyl (C=O) groups is 2. The minimum absolute atomic E-state index is 0.0778. The number of anilines is 1. The number of benzene rings is 2. The van der Waals surface area contributed by atoms with Crippen LogP contribution in [0.5, 0.6) is 0 Å². The number of aromatic nitrogens is 2. The molecule has 0 atom stereocenters. The van der Waals surface area contributed by atoms with Crippen molar-refractivity contribution in [1.82, 2.24) is 20.2 Å². The van der Waals surface area contributed by atoms with Crippen LogP contribution in [0.2, 0.25) is 10.0 Å². The number of imidazole rings is 1. The predicted molar refractivity (Wildman–Crippen MR) is 189 cm³/mol. The van der Waals surface area contributed by atoms with E-state index in [1.165, 1.54) is 0 Å². The van der Waals surface area contributed by atoms with Gasteiger partial charge in [0.25, 0.3) is 5.91 Å². The predicted octanol–water partition coefficient (Wildman–Crippen LogP) is 6.51. The smallest absolute Gasteiger partial charge is 0.253 e. The van der Waals surface area contributed by atoms with Crippen molar-refractivity contribution in [3.8, 4) is 0 Å². The second-order valence-corrected chi connectivity index (χ2v) is 15.7. The SMILES string of the molecule is CC1CCC(NC(=O)c2cc3nc(Cc4c(Cl)ccc(CNC(=O)C(C)(C)C)c4Cl)n(CC(C)(C)O)c3cc2N2CCOCC2)CC1. The van der Waals surface area contributed by atoms with Crippen LogP contribution in [-0.2, 0) is 29.0 Å². The van der Waals surface area contributed by atoms with Gasteiger partial charge in [0.2, 0.25) is 5.91 Å². The molecule has 0 spiro atoms. The summed E-state index contributed by atoms with van der Waals surface area (Å²) in [7, 11) is 0. The first-order valence-electron chi connectivity index (χ1n) is 16.7. The number of halogens is 2. The van der Waals surface area contributed by atoms with Crippen LogP contribution in [0.1, 0.15) is 94.5 Å². The van der Waals surface area contributed by atoms with E-state index >= 15 is 0 Å². The molecule has 2 heterocycles. The number of ether oxygens (including phenoxy) is 1. The van der Waals surface area contributed by atoms with Crippen molar-refractivity contribution in [2.24, 2.45) is 11.3 Å². The number of hydrogen-bond acceptors (Lipinski definition) is 6. The summed E-state index contributed by atoms with van der Waals surface area (Å²) in [5, 5.41) is 18.2. The van der Waals surface area contributed by atoms with Crippen molar-refractivity contribution in [3.05, 3.63) is 56.8 Å². The largest absolute Gasteiger partial charge is 0.389 e. The summed E-state index contributed by atoms with van der Waals surface area (Å²) in [6, 6.07) is 7.67. The quantitative estimate of drug-likeness (QED) is 0.237. The molecule has 1 aliphatic carbocycles. The van der Waals surface area contributed by atoms with Gasteiger partial charge in [0.15, 0.2) is 0 Å². The fourth-order valence-corrected chi connectivity index (χ4v) is 6.94. The molecule has 9 nitrogen and oxygen atoms in total. The highest BCUT2D eigenvalue weighted by Crippen LogP contribution is 2.34. The number of hydrogen-bond donors (Lipinski definition) is 3. The molecule has 2 amide bonds. The Morgan fingerprint density at radius 1 is 1.04 bits per heavy atom. The van der Waals surface area contributed by atoms with E-state index in [-0.39, 0.29) is 37.4 Å². The molecule has 0 bridgehead atoms. The molecule has 3 aromatic rings. The average Bonchev–Trinajstić information content (AvgIpc) is 3.33. The molecule has 1 aliphatic heterocycles. The lowest BCUT2D eigenvalue weighted by molar-refractivity contribution is -0.128. The monoisotopic (exact) mass is 685 g/mol. The fourth-order valence-electron chi connectivity index (χ4n) is 6.37. The minimum atomic E-state index is -1.05. The molecule has 2 aliphatic rings. The van der Waals surface area contributed by atoms with Crippen molar-refractivity contribution in [2.75, 3.05) is 31.2 Å². The van der Waals surface area contributed by atoms with Gasteiger partial charge in [0, 0.05) is 42.5 Å². The Labute approximate surface area is 288 Å². The van der Waals surface area contributed by atoms with Crippen LogP contribution in [0.15, 0.2) is 24.3 Å². The molecule has 1 aromatic heterocycles. The van der Waals surface area contributed by atoms with Gasteiger partial charge in [0.1, 0.15) is 5.82 Å². The van der Waals surface area contributed by atoms with E-state index in [4.69, 9.17) is 32.9 Å². The summed E-state index contributed by atoms with van der Waals surface area (Å²) in [5.74, 6) is 1.17. The molecule has 5 rings (SSSR count). The Morgan fingerprint density at radius 3 is 2.36 bits per heavy atom. The van der Waals surface area contributed by atoms with E-state index in [2.05, 4.69) is 22.5 Å². The number of carbonyl (C=O) groups excluding carboxylic acids is 2. The van der Waals surface area contributed by atoms with Crippen molar-refractivity contribution < 1.29 is 19.4 Å². The maximum absolute atomic E-state index is 13.9. The lowest BCUT2D eigenvalue weighted by Crippen LogP contribution is -2.40. The molecule has 256 valence electrons. The van der Waals surface area contributed by atoms with Crippen molar-refractivity contribution in [2.45, 2.75) is 98.4 Å². The standard InChI is InChI=1S/C36H49Cl2N5O4/c1-22-7-10-24(11-8-22)40-33(44)26-17-28-30(19-29(26)42-13-15-47-16-14-42)43(21-36(5,6)46)31(41-28)18-25-27(37)12-9-23(32(25)38)20-39-34(45)35(2,3)4/h9,12,17,19,22,24,46H,7-8,10-11,13-16,18,20-21H2,1-6H3,(H,39,45)(H,40,44). The summed E-state index contributed by atoms with van der Waals surface area (Å²) in [6.45, 7) is 14.4. The Bertz CT molecular complexity index is 1610. The van der Waals surface area contributed by atoms with Gasteiger partial charge in [-0.05, 0) is 74.8 Å². The average molecular weight is 687 g/mol. The normalized spacial score (nSPS) is 19.2. The van der Waals surface area contributed by atoms with Crippen LogP contribution in [0.3, 0.4) is 0 Å². The molecule has 1 saturated carbocycles. The maximum Gasteiger partial charge on any atom is 0.253 e. The number of fused-ring (bicyclic) bond motifs is 1. The van der Waals surface area contributed by atoms with E-state index in [1.807, 2.05) is 43.5 Å². The van der Waals surface area contributed by atoms with Crippen LogP contribution in [-0.4, -0.2) is 64.4 Å². The van der Waals surface area contributed by atoms with E-state index in [0.717, 1.165) is 42.5 Å². The zero-order valence-corrected chi connectivity index (χ0v) is 30.0. The van der Waals surface area contributed by atoms with E-state index < -0.39 is 11.0 Å². The van der Waals surface area contributed by atoms with Crippen molar-refractivity contribution in [1.29, 1.82) is 0 Å². The molecule has 0 unspecified atom stereocenters. The third-order valence-corrected chi connectivity index (χ3v) is 9.98. The van der Waals surface area contributed by atoms with Gasteiger partial charge < -0.3 is 29.9 Å². The Morgan fingerprint density at radius 2 is 1.72 bits per heavy atom. The Balaban J connectivity index is 1.55. The summed E-state index contributed by atoms with van der Waals surface area (Å²) < 4.78 is 7.64. The van der Waals surface area contributed by atoms with Gasteiger partial charge >= 0.3 is 0 Å². The van der Waals surface area contributed by atoms with Gasteiger partial charge in [-0.1, -0.05) is 57.0 Å². The van der Waals surface area contributed by atoms with Crippen LogP contribution in [0.4, 0.5) is 5.69 Å². The zero-order valence-electron chi connectivity index (χ0n) is 28.5. The highest BCUT2D eigenvalue weighted by Gasteiger charge is 2.28. The lowest BCUT2D eigenvalue weighted by Gasteiger charge is -2.31. The highest BCUT2D eigenvalue weighted by molar-refractivity contribution is 6.36. The molecule has 2 fully saturated rings. The van der Waals surface area contributed by atoms with E-state index in [0.29, 0.717) is 64.7 Å². The number of morpholine rings is 1. The molecular weight excluding hydrogens is 637 g/mol. The van der Waals surface area contributed by atoms with Gasteiger partial charge in [-0.3, -0.25) is 9.59 Å². The van der Waals surface area contributed by atoms with Crippen LogP contribution in [0, 0.1) is 11.3 Å². The highest BCUT2D eigenvalue weighted by atomic mass is 35.5. The number of nitrogens with zero attached hydrogens (tertiary/aromatic N) is 3. The van der Waals surface area contributed by atoms with Crippen molar-refractivity contribution >= 4 is 51.7 Å². The molecule has 1 saturated heterocycles. The van der Waals surface area contributed by atoms with Crippen LogP contribution in [0.25, 0.3) is 11.0 Å². The summed E-state index contributed by atoms with van der Waals surface area (Å²) >= 11 is 13.7. The second-order valence-electron chi connectivity index (χ2n) is 14.9. The van der Waals surface area contributed by atoms with Gasteiger partial charge in [0.05, 0.1) is 52.7 Å². The number of nitrogens with one attached hydrogen (secondary N) is 2. The third-order valence-electron chi connectivity index (χ3n) is 9.16. The topological polar surface area (TPSA) is 109 Å². The third kappa shape index (κ3) is 8.60. The molecule has 47 heavy (non-hydrogen) atoms. The maximum atomic E-state index is 13.9. The molecule has 0 radical (unpaired) electrons.